The fourth-order valence-electron chi connectivity index (χ4n) is 3.59. The van der Waals surface area contributed by atoms with Gasteiger partial charge >= 0.3 is 5.63 Å². The van der Waals surface area contributed by atoms with Crippen LogP contribution < -0.4 is 5.63 Å². The minimum Gasteiger partial charge on any atom is -0.422 e. The van der Waals surface area contributed by atoms with Crippen LogP contribution in [-0.2, 0) is 6.54 Å². The largest absolute Gasteiger partial charge is 0.422 e. The number of rotatable bonds is 3. The Morgan fingerprint density at radius 2 is 2.13 bits per heavy atom. The number of benzene rings is 1. The molecule has 4 heteroatoms. The van der Waals surface area contributed by atoms with Crippen LogP contribution >= 0.6 is 0 Å². The third kappa shape index (κ3) is 3.19. The number of nitrogens with zero attached hydrogens (tertiary/aromatic N) is 1. The van der Waals surface area contributed by atoms with Gasteiger partial charge in [0, 0.05) is 36.6 Å². The van der Waals surface area contributed by atoms with Gasteiger partial charge in [0.05, 0.1) is 0 Å². The van der Waals surface area contributed by atoms with Crippen molar-refractivity contribution in [1.29, 1.82) is 0 Å². The molecule has 1 atom stereocenters. The lowest BCUT2D eigenvalue weighted by Crippen LogP contribution is -2.43. The smallest absolute Gasteiger partial charge is 0.336 e. The van der Waals surface area contributed by atoms with Crippen LogP contribution in [0.1, 0.15) is 36.5 Å². The molecule has 124 valence electrons. The van der Waals surface area contributed by atoms with Crippen LogP contribution in [0, 0.1) is 19.3 Å². The molecule has 1 aromatic heterocycles. The second-order valence-electron chi connectivity index (χ2n) is 7.26. The summed E-state index contributed by atoms with van der Waals surface area (Å²) in [5, 5.41) is 10.6. The molecule has 1 aliphatic rings. The number of likely N-dealkylation sites (tertiary alicyclic amines) is 1. The van der Waals surface area contributed by atoms with E-state index in [0.717, 1.165) is 54.6 Å². The number of piperidine rings is 1. The topological polar surface area (TPSA) is 53.7 Å². The van der Waals surface area contributed by atoms with Crippen LogP contribution in [-0.4, -0.2) is 29.7 Å². The Labute approximate surface area is 136 Å². The first-order valence-electron chi connectivity index (χ1n) is 8.28. The summed E-state index contributed by atoms with van der Waals surface area (Å²) < 4.78 is 5.45. The third-order valence-corrected chi connectivity index (χ3v) is 5.15. The maximum Gasteiger partial charge on any atom is 0.336 e. The maximum atomic E-state index is 12.0. The van der Waals surface area contributed by atoms with E-state index in [2.05, 4.69) is 17.9 Å². The summed E-state index contributed by atoms with van der Waals surface area (Å²) in [6.07, 6.45) is 2.13. The van der Waals surface area contributed by atoms with Crippen LogP contribution in [0.15, 0.2) is 27.4 Å². The van der Waals surface area contributed by atoms with Crippen molar-refractivity contribution < 1.29 is 9.52 Å². The number of aliphatic hydroxyl groups is 1. The Morgan fingerprint density at radius 3 is 2.87 bits per heavy atom. The van der Waals surface area contributed by atoms with Gasteiger partial charge in [0.25, 0.3) is 0 Å². The van der Waals surface area contributed by atoms with Crippen molar-refractivity contribution in [3.8, 4) is 0 Å². The Kier molecular flexibility index (Phi) is 4.30. The van der Waals surface area contributed by atoms with E-state index in [1.807, 2.05) is 19.9 Å². The van der Waals surface area contributed by atoms with Gasteiger partial charge in [0.2, 0.25) is 0 Å². The molecule has 4 nitrogen and oxygen atoms in total. The van der Waals surface area contributed by atoms with Gasteiger partial charge in [0.1, 0.15) is 5.58 Å². The molecule has 1 N–H and O–H groups in total. The molecule has 0 spiro atoms. The molecule has 1 aliphatic heterocycles. The van der Waals surface area contributed by atoms with E-state index in [1.54, 1.807) is 6.07 Å². The van der Waals surface area contributed by atoms with Crippen LogP contribution in [0.5, 0.6) is 0 Å². The van der Waals surface area contributed by atoms with E-state index in [4.69, 9.17) is 4.42 Å². The number of aliphatic hydroxyl groups excluding tert-OH is 1. The highest BCUT2D eigenvalue weighted by Crippen LogP contribution is 2.31. The first-order valence-corrected chi connectivity index (χ1v) is 8.28. The van der Waals surface area contributed by atoms with Crippen molar-refractivity contribution >= 4 is 11.0 Å². The highest BCUT2D eigenvalue weighted by molar-refractivity contribution is 5.83. The highest BCUT2D eigenvalue weighted by atomic mass is 16.4. The second kappa shape index (κ2) is 6.10. The Morgan fingerprint density at radius 1 is 1.35 bits per heavy atom. The lowest BCUT2D eigenvalue weighted by molar-refractivity contribution is 0.0430. The second-order valence-corrected chi connectivity index (χ2v) is 7.26. The van der Waals surface area contributed by atoms with Crippen LogP contribution in [0.3, 0.4) is 0 Å². The molecular weight excluding hydrogens is 290 g/mol. The van der Waals surface area contributed by atoms with Crippen molar-refractivity contribution in [2.45, 2.75) is 40.2 Å². The monoisotopic (exact) mass is 315 g/mol. The van der Waals surface area contributed by atoms with E-state index in [9.17, 15) is 9.90 Å². The normalized spacial score (nSPS) is 22.6. The van der Waals surface area contributed by atoms with Gasteiger partial charge in [-0.1, -0.05) is 19.1 Å². The third-order valence-electron chi connectivity index (χ3n) is 5.15. The van der Waals surface area contributed by atoms with E-state index in [-0.39, 0.29) is 17.6 Å². The standard InChI is InChI=1S/C19H25NO3/c1-13-5-6-16-15(9-17(22)23-18(16)14(13)2)10-20-8-4-7-19(3,11-20)12-21/h5-6,9,21H,4,7-8,10-12H2,1-3H3. The number of hydrogen-bond acceptors (Lipinski definition) is 4. The zero-order valence-corrected chi connectivity index (χ0v) is 14.2. The van der Waals surface area contributed by atoms with Gasteiger partial charge in [-0.2, -0.15) is 0 Å². The first kappa shape index (κ1) is 16.2. The summed E-state index contributed by atoms with van der Waals surface area (Å²) in [5.74, 6) is 0. The van der Waals surface area contributed by atoms with E-state index in [0.29, 0.717) is 5.58 Å². The fraction of sp³-hybridized carbons (Fsp3) is 0.526. The summed E-state index contributed by atoms with van der Waals surface area (Å²) >= 11 is 0. The molecule has 1 fully saturated rings. The zero-order chi connectivity index (χ0) is 16.6. The summed E-state index contributed by atoms with van der Waals surface area (Å²) in [6, 6.07) is 5.74. The molecule has 0 aliphatic carbocycles. The average molecular weight is 315 g/mol. The fourth-order valence-corrected chi connectivity index (χ4v) is 3.59. The summed E-state index contributed by atoms with van der Waals surface area (Å²) in [6.45, 7) is 8.94. The van der Waals surface area contributed by atoms with Crippen molar-refractivity contribution in [2.24, 2.45) is 5.41 Å². The SMILES string of the molecule is Cc1ccc2c(CN3CCCC(C)(CO)C3)cc(=O)oc2c1C. The Hall–Kier alpha value is -1.65. The number of hydrogen-bond donors (Lipinski definition) is 1. The molecule has 3 rings (SSSR count). The average Bonchev–Trinajstić information content (AvgIpc) is 2.51. The summed E-state index contributed by atoms with van der Waals surface area (Å²) in [7, 11) is 0. The van der Waals surface area contributed by atoms with Crippen molar-refractivity contribution in [3.05, 3.63) is 45.3 Å². The van der Waals surface area contributed by atoms with Crippen molar-refractivity contribution in [1.82, 2.24) is 4.90 Å². The van der Waals surface area contributed by atoms with Gasteiger partial charge in [-0.15, -0.1) is 0 Å². The first-order chi connectivity index (χ1) is 10.9. The van der Waals surface area contributed by atoms with Gasteiger partial charge < -0.3 is 9.52 Å². The molecule has 0 bridgehead atoms. The molecule has 0 amide bonds. The van der Waals surface area contributed by atoms with E-state index < -0.39 is 0 Å². The minimum atomic E-state index is -0.289. The van der Waals surface area contributed by atoms with Crippen LogP contribution in [0.4, 0.5) is 0 Å². The Balaban J connectivity index is 1.97. The lowest BCUT2D eigenvalue weighted by atomic mass is 9.82. The molecule has 1 saturated heterocycles. The molecule has 1 aromatic carbocycles. The van der Waals surface area contributed by atoms with Crippen LogP contribution in [0.2, 0.25) is 0 Å². The molecule has 2 aromatic rings. The summed E-state index contributed by atoms with van der Waals surface area (Å²) in [5.41, 5.74) is 3.54. The van der Waals surface area contributed by atoms with Crippen molar-refractivity contribution in [2.75, 3.05) is 19.7 Å². The number of fused-ring (bicyclic) bond motifs is 1. The predicted octanol–water partition coefficient (Wildman–Crippen LogP) is 3.00. The molecular formula is C19H25NO3. The van der Waals surface area contributed by atoms with Gasteiger partial charge in [-0.3, -0.25) is 4.90 Å². The van der Waals surface area contributed by atoms with Crippen LogP contribution in [0.25, 0.3) is 11.0 Å². The molecule has 0 radical (unpaired) electrons. The minimum absolute atomic E-state index is 0.0417. The quantitative estimate of drug-likeness (QED) is 0.885. The van der Waals surface area contributed by atoms with Gasteiger partial charge in [0.15, 0.2) is 0 Å². The van der Waals surface area contributed by atoms with Crippen molar-refractivity contribution in [3.63, 3.8) is 0 Å². The Bertz CT molecular complexity index is 780. The molecule has 23 heavy (non-hydrogen) atoms. The maximum absolute atomic E-state index is 12.0. The molecule has 0 saturated carbocycles. The zero-order valence-electron chi connectivity index (χ0n) is 14.2. The van der Waals surface area contributed by atoms with Gasteiger partial charge in [-0.05, 0) is 49.9 Å². The highest BCUT2D eigenvalue weighted by Gasteiger charge is 2.30. The van der Waals surface area contributed by atoms with E-state index >= 15 is 0 Å². The molecule has 2 heterocycles. The predicted molar refractivity (Wildman–Crippen MR) is 91.7 cm³/mol. The van der Waals surface area contributed by atoms with E-state index in [1.165, 1.54) is 0 Å². The lowest BCUT2D eigenvalue weighted by Gasteiger charge is -2.39. The molecule has 1 unspecified atom stereocenters. The van der Waals surface area contributed by atoms with Gasteiger partial charge in [-0.25, -0.2) is 4.79 Å². The number of aryl methyl sites for hydroxylation is 2. The summed E-state index contributed by atoms with van der Waals surface area (Å²) in [4.78, 5) is 14.3.